The number of carbonyl (C=O) groups excluding carboxylic acids is 1. The zero-order valence-corrected chi connectivity index (χ0v) is 11.2. The Hall–Kier alpha value is -1.55. The van der Waals surface area contributed by atoms with Crippen LogP contribution in [0.1, 0.15) is 31.1 Å². The van der Waals surface area contributed by atoms with Gasteiger partial charge in [-0.2, -0.15) is 0 Å². The van der Waals surface area contributed by atoms with Crippen LogP contribution in [0.5, 0.6) is 0 Å². The van der Waals surface area contributed by atoms with Gasteiger partial charge < -0.3 is 13.9 Å². The largest absolute Gasteiger partial charge is 0.469 e. The number of hydrogen-bond donors (Lipinski definition) is 0. The highest BCUT2D eigenvalue weighted by Gasteiger charge is 2.57. The third-order valence-corrected chi connectivity index (χ3v) is 3.62. The standard InChI is InChI=1S/C15H18O4/c1-9(6-11-7-10(2)8-17-11)4-3-5-12-13-15(18-13)19-14(12)16/h4,7-8,12-13,15H,3,5-6H2,1-2H3. The van der Waals surface area contributed by atoms with Crippen LogP contribution in [0.15, 0.2) is 28.4 Å². The summed E-state index contributed by atoms with van der Waals surface area (Å²) in [5.41, 5.74) is 2.41. The number of carbonyl (C=O) groups is 1. The van der Waals surface area contributed by atoms with E-state index in [4.69, 9.17) is 13.9 Å². The number of epoxide rings is 1. The summed E-state index contributed by atoms with van der Waals surface area (Å²) in [6.45, 7) is 4.10. The fourth-order valence-corrected chi connectivity index (χ4v) is 2.55. The number of hydrogen-bond acceptors (Lipinski definition) is 4. The Bertz CT molecular complexity index is 514. The minimum atomic E-state index is -0.242. The number of rotatable bonds is 5. The highest BCUT2D eigenvalue weighted by atomic mass is 16.8. The Morgan fingerprint density at radius 1 is 1.47 bits per heavy atom. The van der Waals surface area contributed by atoms with Crippen LogP contribution in [-0.4, -0.2) is 18.4 Å². The van der Waals surface area contributed by atoms with Crippen LogP contribution in [-0.2, 0) is 20.7 Å². The molecule has 3 atom stereocenters. The molecular weight excluding hydrogens is 244 g/mol. The number of ether oxygens (including phenoxy) is 2. The topological polar surface area (TPSA) is 52.0 Å². The number of fused-ring (bicyclic) bond motifs is 1. The second-order valence-electron chi connectivity index (χ2n) is 5.41. The van der Waals surface area contributed by atoms with Crippen LogP contribution in [0, 0.1) is 12.8 Å². The van der Waals surface area contributed by atoms with E-state index in [2.05, 4.69) is 13.0 Å². The first-order chi connectivity index (χ1) is 9.13. The second-order valence-corrected chi connectivity index (χ2v) is 5.41. The molecule has 0 saturated carbocycles. The van der Waals surface area contributed by atoms with Gasteiger partial charge in [0.15, 0.2) is 0 Å². The number of furan rings is 1. The quantitative estimate of drug-likeness (QED) is 0.465. The maximum absolute atomic E-state index is 11.4. The molecule has 2 aliphatic rings. The van der Waals surface area contributed by atoms with E-state index in [1.54, 1.807) is 6.26 Å². The van der Waals surface area contributed by atoms with Gasteiger partial charge in [-0.25, -0.2) is 0 Å². The van der Waals surface area contributed by atoms with E-state index < -0.39 is 0 Å². The molecule has 0 radical (unpaired) electrons. The predicted octanol–water partition coefficient (Wildman–Crippen LogP) is 2.75. The first kappa shape index (κ1) is 12.5. The van der Waals surface area contributed by atoms with E-state index in [-0.39, 0.29) is 24.3 Å². The molecule has 4 nitrogen and oxygen atoms in total. The average Bonchev–Trinajstić information content (AvgIpc) is 2.87. The number of aryl methyl sites for hydroxylation is 1. The van der Waals surface area contributed by atoms with Gasteiger partial charge in [-0.15, -0.1) is 0 Å². The van der Waals surface area contributed by atoms with Crippen molar-refractivity contribution in [1.29, 1.82) is 0 Å². The molecule has 1 aromatic heterocycles. The Labute approximate surface area is 112 Å². The van der Waals surface area contributed by atoms with Gasteiger partial charge in [0, 0.05) is 6.42 Å². The van der Waals surface area contributed by atoms with Crippen molar-refractivity contribution in [2.75, 3.05) is 0 Å². The maximum Gasteiger partial charge on any atom is 0.314 e. The normalized spacial score (nSPS) is 29.3. The van der Waals surface area contributed by atoms with Crippen LogP contribution in [0.25, 0.3) is 0 Å². The number of esters is 1. The zero-order chi connectivity index (χ0) is 13.4. The average molecular weight is 262 g/mol. The fraction of sp³-hybridized carbons (Fsp3) is 0.533. The van der Waals surface area contributed by atoms with Crippen molar-refractivity contribution in [3.63, 3.8) is 0 Å². The summed E-state index contributed by atoms with van der Waals surface area (Å²) in [6, 6.07) is 2.05. The molecule has 0 spiro atoms. The van der Waals surface area contributed by atoms with Gasteiger partial charge in [0.25, 0.3) is 0 Å². The fourth-order valence-electron chi connectivity index (χ4n) is 2.55. The van der Waals surface area contributed by atoms with Crippen molar-refractivity contribution in [3.8, 4) is 0 Å². The highest BCUT2D eigenvalue weighted by molar-refractivity contribution is 5.76. The van der Waals surface area contributed by atoms with Gasteiger partial charge in [-0.1, -0.05) is 11.6 Å². The van der Waals surface area contributed by atoms with Gasteiger partial charge >= 0.3 is 5.97 Å². The van der Waals surface area contributed by atoms with Crippen LogP contribution in [0.3, 0.4) is 0 Å². The van der Waals surface area contributed by atoms with Crippen molar-refractivity contribution in [1.82, 2.24) is 0 Å². The SMILES string of the molecule is CC(=CCCC1C(=O)OC2OC21)Cc1cc(C)co1. The van der Waals surface area contributed by atoms with Crippen molar-refractivity contribution < 1.29 is 18.7 Å². The molecule has 102 valence electrons. The third-order valence-electron chi connectivity index (χ3n) is 3.62. The second kappa shape index (κ2) is 4.85. The molecule has 0 aliphatic carbocycles. The highest BCUT2D eigenvalue weighted by Crippen LogP contribution is 2.40. The first-order valence-electron chi connectivity index (χ1n) is 6.69. The molecule has 2 saturated heterocycles. The lowest BCUT2D eigenvalue weighted by Crippen LogP contribution is -2.15. The van der Waals surface area contributed by atoms with Crippen LogP contribution < -0.4 is 0 Å². The summed E-state index contributed by atoms with van der Waals surface area (Å²) in [6.07, 6.45) is 6.21. The van der Waals surface area contributed by atoms with E-state index in [0.29, 0.717) is 0 Å². The van der Waals surface area contributed by atoms with Gasteiger partial charge in [0.05, 0.1) is 12.2 Å². The lowest BCUT2D eigenvalue weighted by atomic mass is 10.00. The van der Waals surface area contributed by atoms with Gasteiger partial charge in [0.2, 0.25) is 6.29 Å². The van der Waals surface area contributed by atoms with Crippen LogP contribution in [0.2, 0.25) is 0 Å². The van der Waals surface area contributed by atoms with Crippen LogP contribution >= 0.6 is 0 Å². The zero-order valence-electron chi connectivity index (χ0n) is 11.2. The van der Waals surface area contributed by atoms with Crippen molar-refractivity contribution >= 4 is 5.97 Å². The molecule has 0 bridgehead atoms. The molecule has 1 aromatic rings. The van der Waals surface area contributed by atoms with E-state index >= 15 is 0 Å². The van der Waals surface area contributed by atoms with Crippen LogP contribution in [0.4, 0.5) is 0 Å². The molecule has 0 aromatic carbocycles. The summed E-state index contributed by atoms with van der Waals surface area (Å²) < 4.78 is 15.6. The summed E-state index contributed by atoms with van der Waals surface area (Å²) in [7, 11) is 0. The van der Waals surface area contributed by atoms with Crippen molar-refractivity contribution in [3.05, 3.63) is 35.3 Å². The molecule has 0 N–H and O–H groups in total. The molecule has 3 heterocycles. The lowest BCUT2D eigenvalue weighted by Gasteiger charge is -2.06. The van der Waals surface area contributed by atoms with E-state index in [1.807, 2.05) is 13.0 Å². The molecule has 3 unspecified atom stereocenters. The van der Waals surface area contributed by atoms with Crippen molar-refractivity contribution in [2.45, 2.75) is 45.5 Å². The lowest BCUT2D eigenvalue weighted by molar-refractivity contribution is -0.151. The maximum atomic E-state index is 11.4. The molecule has 0 amide bonds. The minimum absolute atomic E-state index is 0.0222. The summed E-state index contributed by atoms with van der Waals surface area (Å²) in [5.74, 6) is 0.811. The summed E-state index contributed by atoms with van der Waals surface area (Å²) in [4.78, 5) is 11.4. The smallest absolute Gasteiger partial charge is 0.314 e. The monoisotopic (exact) mass is 262 g/mol. The molecule has 2 aliphatic heterocycles. The van der Waals surface area contributed by atoms with Gasteiger partial charge in [-0.05, 0) is 38.3 Å². The Morgan fingerprint density at radius 2 is 2.32 bits per heavy atom. The minimum Gasteiger partial charge on any atom is -0.469 e. The Morgan fingerprint density at radius 3 is 2.95 bits per heavy atom. The Kier molecular flexibility index (Phi) is 3.19. The van der Waals surface area contributed by atoms with Gasteiger partial charge in [-0.3, -0.25) is 4.79 Å². The molecular formula is C15H18O4. The van der Waals surface area contributed by atoms with Gasteiger partial charge in [0.1, 0.15) is 11.9 Å². The number of allylic oxidation sites excluding steroid dienone is 2. The molecule has 3 rings (SSSR count). The predicted molar refractivity (Wildman–Crippen MR) is 68.4 cm³/mol. The molecule has 2 fully saturated rings. The Balaban J connectivity index is 1.48. The van der Waals surface area contributed by atoms with E-state index in [0.717, 1.165) is 30.6 Å². The first-order valence-corrected chi connectivity index (χ1v) is 6.69. The van der Waals surface area contributed by atoms with E-state index in [9.17, 15) is 4.79 Å². The summed E-state index contributed by atoms with van der Waals surface area (Å²) in [5, 5.41) is 0. The molecule has 19 heavy (non-hydrogen) atoms. The molecule has 4 heteroatoms. The third kappa shape index (κ3) is 2.73. The summed E-state index contributed by atoms with van der Waals surface area (Å²) >= 11 is 0. The van der Waals surface area contributed by atoms with E-state index in [1.165, 1.54) is 5.57 Å². The van der Waals surface area contributed by atoms with Crippen molar-refractivity contribution in [2.24, 2.45) is 5.92 Å².